The lowest BCUT2D eigenvalue weighted by molar-refractivity contribution is 0.0974. The molecule has 0 bridgehead atoms. The van der Waals surface area contributed by atoms with Crippen LogP contribution in [0.4, 0.5) is 0 Å². The van der Waals surface area contributed by atoms with Crippen LogP contribution in [0.1, 0.15) is 25.1 Å². The van der Waals surface area contributed by atoms with Gasteiger partial charge in [0, 0.05) is 11.6 Å². The first-order valence-corrected chi connectivity index (χ1v) is 7.19. The van der Waals surface area contributed by atoms with Crippen LogP contribution < -0.4 is 9.47 Å². The number of benzene rings is 1. The molecule has 0 radical (unpaired) electrons. The molecule has 0 aliphatic heterocycles. The fourth-order valence-corrected chi connectivity index (χ4v) is 2.17. The van der Waals surface area contributed by atoms with Gasteiger partial charge in [-0.05, 0) is 30.7 Å². The van der Waals surface area contributed by atoms with Crippen LogP contribution in [0.3, 0.4) is 0 Å². The Morgan fingerprint density at radius 1 is 1.33 bits per heavy atom. The van der Waals surface area contributed by atoms with E-state index in [9.17, 15) is 5.11 Å². The Morgan fingerprint density at radius 2 is 2.05 bits per heavy atom. The van der Waals surface area contributed by atoms with Crippen molar-refractivity contribution >= 4 is 11.6 Å². The minimum absolute atomic E-state index is 0.118. The first-order valence-electron chi connectivity index (χ1n) is 6.81. The Hall–Kier alpha value is -1.72. The van der Waals surface area contributed by atoms with E-state index in [4.69, 9.17) is 21.1 Å². The lowest BCUT2D eigenvalue weighted by Gasteiger charge is -2.15. The predicted octanol–water partition coefficient (Wildman–Crippen LogP) is 3.07. The summed E-state index contributed by atoms with van der Waals surface area (Å²) in [4.78, 5) is 0. The van der Waals surface area contributed by atoms with Gasteiger partial charge in [0.15, 0.2) is 5.75 Å². The molecule has 21 heavy (non-hydrogen) atoms. The summed E-state index contributed by atoms with van der Waals surface area (Å²) < 4.78 is 12.6. The number of hydrogen-bond donors (Lipinski definition) is 1. The van der Waals surface area contributed by atoms with E-state index >= 15 is 0 Å². The van der Waals surface area contributed by atoms with Crippen molar-refractivity contribution in [2.45, 2.75) is 26.0 Å². The highest BCUT2D eigenvalue weighted by molar-refractivity contribution is 6.30. The number of methoxy groups -OCH3 is 1. The van der Waals surface area contributed by atoms with Crippen molar-refractivity contribution in [1.82, 2.24) is 9.78 Å². The molecule has 2 aromatic rings. The molecule has 0 saturated carbocycles. The van der Waals surface area contributed by atoms with Crippen LogP contribution in [0.15, 0.2) is 30.5 Å². The van der Waals surface area contributed by atoms with E-state index in [0.29, 0.717) is 22.2 Å². The van der Waals surface area contributed by atoms with Gasteiger partial charge in [-0.25, -0.2) is 0 Å². The van der Waals surface area contributed by atoms with Gasteiger partial charge in [-0.2, -0.15) is 5.10 Å². The second-order valence-electron chi connectivity index (χ2n) is 4.60. The minimum Gasteiger partial charge on any atom is -0.493 e. The van der Waals surface area contributed by atoms with E-state index in [-0.39, 0.29) is 6.61 Å². The standard InChI is InChI=1S/C15H19ClN2O3/c1-3-8-18-15(14(20-2)9-17-18)13(19)10-21-12-6-4-11(16)5-7-12/h4-7,9,13,19H,3,8,10H2,1-2H3. The number of rotatable bonds is 7. The van der Waals surface area contributed by atoms with Crippen molar-refractivity contribution < 1.29 is 14.6 Å². The van der Waals surface area contributed by atoms with Gasteiger partial charge in [0.2, 0.25) is 0 Å². The molecule has 1 heterocycles. The van der Waals surface area contributed by atoms with E-state index in [1.54, 1.807) is 42.3 Å². The Kier molecular flexibility index (Phi) is 5.47. The summed E-state index contributed by atoms with van der Waals surface area (Å²) >= 11 is 5.82. The quantitative estimate of drug-likeness (QED) is 0.854. The Morgan fingerprint density at radius 3 is 2.67 bits per heavy atom. The topological polar surface area (TPSA) is 56.5 Å². The van der Waals surface area contributed by atoms with Crippen LogP contribution in [-0.4, -0.2) is 28.6 Å². The largest absolute Gasteiger partial charge is 0.493 e. The fourth-order valence-electron chi connectivity index (χ4n) is 2.05. The third kappa shape index (κ3) is 3.89. The van der Waals surface area contributed by atoms with Crippen molar-refractivity contribution in [2.75, 3.05) is 13.7 Å². The van der Waals surface area contributed by atoms with Crippen molar-refractivity contribution in [3.05, 3.63) is 41.2 Å². The summed E-state index contributed by atoms with van der Waals surface area (Å²) in [6.45, 7) is 2.89. The highest BCUT2D eigenvalue weighted by atomic mass is 35.5. The van der Waals surface area contributed by atoms with Gasteiger partial charge in [0.05, 0.1) is 13.3 Å². The SMILES string of the molecule is CCCn1ncc(OC)c1C(O)COc1ccc(Cl)cc1. The summed E-state index contributed by atoms with van der Waals surface area (Å²) in [5, 5.41) is 15.2. The first-order chi connectivity index (χ1) is 10.2. The molecule has 5 nitrogen and oxygen atoms in total. The second kappa shape index (κ2) is 7.33. The van der Waals surface area contributed by atoms with Crippen molar-refractivity contribution in [2.24, 2.45) is 0 Å². The van der Waals surface area contributed by atoms with Gasteiger partial charge in [-0.3, -0.25) is 4.68 Å². The molecular weight excluding hydrogens is 292 g/mol. The van der Waals surface area contributed by atoms with Crippen LogP contribution in [-0.2, 0) is 6.54 Å². The Labute approximate surface area is 129 Å². The Balaban J connectivity index is 2.07. The zero-order chi connectivity index (χ0) is 15.2. The van der Waals surface area contributed by atoms with Crippen LogP contribution in [0.2, 0.25) is 5.02 Å². The molecule has 114 valence electrons. The molecular formula is C15H19ClN2O3. The number of aryl methyl sites for hydroxylation is 1. The average molecular weight is 311 g/mol. The summed E-state index contributed by atoms with van der Waals surface area (Å²) in [5.74, 6) is 1.22. The van der Waals surface area contributed by atoms with Crippen molar-refractivity contribution in [3.8, 4) is 11.5 Å². The summed E-state index contributed by atoms with van der Waals surface area (Å²) in [5.41, 5.74) is 0.633. The van der Waals surface area contributed by atoms with Crippen LogP contribution >= 0.6 is 11.6 Å². The van der Waals surface area contributed by atoms with E-state index in [0.717, 1.165) is 13.0 Å². The zero-order valence-corrected chi connectivity index (χ0v) is 12.9. The maximum Gasteiger partial charge on any atom is 0.162 e. The Bertz CT molecular complexity index is 569. The van der Waals surface area contributed by atoms with E-state index in [1.165, 1.54) is 0 Å². The number of nitrogens with zero attached hydrogens (tertiary/aromatic N) is 2. The van der Waals surface area contributed by atoms with Gasteiger partial charge in [0.25, 0.3) is 0 Å². The van der Waals surface area contributed by atoms with Crippen molar-refractivity contribution in [1.29, 1.82) is 0 Å². The van der Waals surface area contributed by atoms with Crippen molar-refractivity contribution in [3.63, 3.8) is 0 Å². The van der Waals surface area contributed by atoms with Gasteiger partial charge < -0.3 is 14.6 Å². The van der Waals surface area contributed by atoms with Crippen LogP contribution in [0.5, 0.6) is 11.5 Å². The number of ether oxygens (including phenoxy) is 2. The summed E-state index contributed by atoms with van der Waals surface area (Å²) in [7, 11) is 1.56. The van der Waals surface area contributed by atoms with E-state index < -0.39 is 6.10 Å². The maximum absolute atomic E-state index is 10.4. The monoisotopic (exact) mass is 310 g/mol. The number of hydrogen-bond acceptors (Lipinski definition) is 4. The molecule has 1 aromatic carbocycles. The lowest BCUT2D eigenvalue weighted by atomic mass is 10.2. The third-order valence-electron chi connectivity index (χ3n) is 3.04. The molecule has 0 amide bonds. The van der Waals surface area contributed by atoms with Gasteiger partial charge in [0.1, 0.15) is 24.2 Å². The molecule has 0 aliphatic rings. The molecule has 1 atom stereocenters. The van der Waals surface area contributed by atoms with Crippen LogP contribution in [0, 0.1) is 0 Å². The normalized spacial score (nSPS) is 12.2. The van der Waals surface area contributed by atoms with Crippen LogP contribution in [0.25, 0.3) is 0 Å². The average Bonchev–Trinajstić information content (AvgIpc) is 2.90. The molecule has 0 saturated heterocycles. The number of aromatic nitrogens is 2. The molecule has 6 heteroatoms. The second-order valence-corrected chi connectivity index (χ2v) is 5.04. The summed E-state index contributed by atoms with van der Waals surface area (Å²) in [6.07, 6.45) is 1.71. The predicted molar refractivity (Wildman–Crippen MR) is 81.0 cm³/mol. The molecule has 1 aromatic heterocycles. The molecule has 0 aliphatic carbocycles. The van der Waals surface area contributed by atoms with E-state index in [1.807, 2.05) is 0 Å². The lowest BCUT2D eigenvalue weighted by Crippen LogP contribution is -2.16. The first kappa shape index (κ1) is 15.7. The third-order valence-corrected chi connectivity index (χ3v) is 3.29. The number of aliphatic hydroxyl groups excluding tert-OH is 1. The smallest absolute Gasteiger partial charge is 0.162 e. The highest BCUT2D eigenvalue weighted by Gasteiger charge is 2.20. The molecule has 1 N–H and O–H groups in total. The number of halogens is 1. The van der Waals surface area contributed by atoms with Gasteiger partial charge >= 0.3 is 0 Å². The fraction of sp³-hybridized carbons (Fsp3) is 0.400. The molecule has 0 fully saturated rings. The zero-order valence-electron chi connectivity index (χ0n) is 12.1. The molecule has 1 unspecified atom stereocenters. The van der Waals surface area contributed by atoms with E-state index in [2.05, 4.69) is 12.0 Å². The molecule has 0 spiro atoms. The summed E-state index contributed by atoms with van der Waals surface area (Å²) in [6, 6.07) is 7.00. The molecule has 2 rings (SSSR count). The van der Waals surface area contributed by atoms with Gasteiger partial charge in [-0.15, -0.1) is 0 Å². The maximum atomic E-state index is 10.4. The minimum atomic E-state index is -0.815. The van der Waals surface area contributed by atoms with Gasteiger partial charge in [-0.1, -0.05) is 18.5 Å². The highest BCUT2D eigenvalue weighted by Crippen LogP contribution is 2.26. The number of aliphatic hydroxyl groups is 1.